The number of nitrogens with one attached hydrogen (secondary N) is 2. The van der Waals surface area contributed by atoms with Crippen LogP contribution in [0.15, 0.2) is 29.4 Å². The Balaban J connectivity index is 1.78. The second kappa shape index (κ2) is 5.97. The third-order valence-corrected chi connectivity index (χ3v) is 5.24. The first-order valence-electron chi connectivity index (χ1n) is 7.15. The van der Waals surface area contributed by atoms with Crippen molar-refractivity contribution in [3.05, 3.63) is 24.3 Å². The van der Waals surface area contributed by atoms with Gasteiger partial charge in [0.2, 0.25) is 0 Å². The predicted molar refractivity (Wildman–Crippen MR) is 81.7 cm³/mol. The summed E-state index contributed by atoms with van der Waals surface area (Å²) in [5.74, 6) is 0. The fourth-order valence-corrected chi connectivity index (χ4v) is 4.20. The van der Waals surface area contributed by atoms with Crippen LogP contribution >= 0.6 is 11.8 Å². The average molecular weight is 275 g/mol. The van der Waals surface area contributed by atoms with E-state index in [1.165, 1.54) is 32.1 Å². The Bertz CT molecular complexity index is 504. The van der Waals surface area contributed by atoms with Crippen LogP contribution in [0.3, 0.4) is 0 Å². The topological polar surface area (TPSA) is 40.7 Å². The van der Waals surface area contributed by atoms with Gasteiger partial charge in [-0.2, -0.15) is 0 Å². The molecular weight excluding hydrogens is 254 g/mol. The number of imidazole rings is 1. The Morgan fingerprint density at radius 1 is 1.21 bits per heavy atom. The van der Waals surface area contributed by atoms with Gasteiger partial charge in [-0.25, -0.2) is 4.98 Å². The summed E-state index contributed by atoms with van der Waals surface area (Å²) in [5.41, 5.74) is 2.21. The number of aromatic nitrogens is 2. The highest BCUT2D eigenvalue weighted by Gasteiger charge is 2.24. The molecule has 0 saturated heterocycles. The Morgan fingerprint density at radius 2 is 2.05 bits per heavy atom. The van der Waals surface area contributed by atoms with Gasteiger partial charge in [-0.1, -0.05) is 43.2 Å². The standard InChI is InChI=1S/C15H21N3S/c1-16-13-9-3-2-4-10-14(13)19-15-17-11-7-5-6-8-12(11)18-15/h5-8,13-14,16H,2-4,9-10H2,1H3,(H,17,18). The lowest BCUT2D eigenvalue weighted by Gasteiger charge is -2.23. The van der Waals surface area contributed by atoms with Crippen molar-refractivity contribution in [3.8, 4) is 0 Å². The summed E-state index contributed by atoms with van der Waals surface area (Å²) in [5, 5.41) is 5.18. The van der Waals surface area contributed by atoms with E-state index in [2.05, 4.69) is 40.5 Å². The quantitative estimate of drug-likeness (QED) is 0.841. The number of fused-ring (bicyclic) bond motifs is 1. The van der Waals surface area contributed by atoms with Crippen molar-refractivity contribution in [1.82, 2.24) is 15.3 Å². The van der Waals surface area contributed by atoms with Crippen molar-refractivity contribution in [2.75, 3.05) is 7.05 Å². The second-order valence-electron chi connectivity index (χ2n) is 5.25. The molecule has 3 rings (SSSR count). The van der Waals surface area contributed by atoms with Gasteiger partial charge < -0.3 is 10.3 Å². The third-order valence-electron chi connectivity index (χ3n) is 3.95. The van der Waals surface area contributed by atoms with E-state index in [0.717, 1.165) is 16.2 Å². The molecule has 2 atom stereocenters. The van der Waals surface area contributed by atoms with Gasteiger partial charge in [0, 0.05) is 11.3 Å². The molecule has 1 aliphatic rings. The van der Waals surface area contributed by atoms with E-state index in [0.29, 0.717) is 11.3 Å². The third kappa shape index (κ3) is 2.95. The number of thioether (sulfide) groups is 1. The monoisotopic (exact) mass is 275 g/mol. The molecule has 19 heavy (non-hydrogen) atoms. The van der Waals surface area contributed by atoms with E-state index in [1.54, 1.807) is 0 Å². The van der Waals surface area contributed by atoms with Gasteiger partial charge in [0.15, 0.2) is 5.16 Å². The van der Waals surface area contributed by atoms with Gasteiger partial charge >= 0.3 is 0 Å². The molecule has 1 heterocycles. The maximum absolute atomic E-state index is 4.69. The lowest BCUT2D eigenvalue weighted by Crippen LogP contribution is -2.34. The van der Waals surface area contributed by atoms with Crippen molar-refractivity contribution in [1.29, 1.82) is 0 Å². The summed E-state index contributed by atoms with van der Waals surface area (Å²) in [6.45, 7) is 0. The first-order chi connectivity index (χ1) is 9.36. The number of aromatic amines is 1. The molecule has 1 aromatic heterocycles. The number of para-hydroxylation sites is 2. The molecule has 0 radical (unpaired) electrons. The molecular formula is C15H21N3S. The highest BCUT2D eigenvalue weighted by Crippen LogP contribution is 2.32. The van der Waals surface area contributed by atoms with Crippen molar-refractivity contribution in [2.45, 2.75) is 48.6 Å². The smallest absolute Gasteiger partial charge is 0.166 e. The lowest BCUT2D eigenvalue weighted by atomic mass is 10.1. The summed E-state index contributed by atoms with van der Waals surface area (Å²) in [6.07, 6.45) is 6.63. The Labute approximate surface area is 118 Å². The highest BCUT2D eigenvalue weighted by atomic mass is 32.2. The summed E-state index contributed by atoms with van der Waals surface area (Å²) in [4.78, 5) is 8.12. The lowest BCUT2D eigenvalue weighted by molar-refractivity contribution is 0.509. The Hall–Kier alpha value is -1.00. The van der Waals surface area contributed by atoms with Crippen LogP contribution in [0, 0.1) is 0 Å². The van der Waals surface area contributed by atoms with Crippen LogP contribution in [-0.4, -0.2) is 28.3 Å². The van der Waals surface area contributed by atoms with E-state index in [-0.39, 0.29) is 0 Å². The van der Waals surface area contributed by atoms with E-state index < -0.39 is 0 Å². The minimum atomic E-state index is 0.612. The van der Waals surface area contributed by atoms with Gasteiger partial charge in [0.25, 0.3) is 0 Å². The molecule has 102 valence electrons. The zero-order valence-electron chi connectivity index (χ0n) is 11.4. The second-order valence-corrected chi connectivity index (χ2v) is 6.48. The Kier molecular flexibility index (Phi) is 4.09. The summed E-state index contributed by atoms with van der Waals surface area (Å²) in [6, 6.07) is 8.87. The first-order valence-corrected chi connectivity index (χ1v) is 8.03. The van der Waals surface area contributed by atoms with Crippen molar-refractivity contribution in [2.24, 2.45) is 0 Å². The van der Waals surface area contributed by atoms with E-state index >= 15 is 0 Å². The molecule has 4 heteroatoms. The predicted octanol–water partition coefficient (Wildman–Crippen LogP) is 3.58. The number of hydrogen-bond acceptors (Lipinski definition) is 3. The van der Waals surface area contributed by atoms with Crippen LogP contribution in [-0.2, 0) is 0 Å². The minimum absolute atomic E-state index is 0.612. The van der Waals surface area contributed by atoms with Gasteiger partial charge in [-0.3, -0.25) is 0 Å². The van der Waals surface area contributed by atoms with Crippen LogP contribution in [0.5, 0.6) is 0 Å². The van der Waals surface area contributed by atoms with Gasteiger partial charge in [-0.05, 0) is 32.0 Å². The molecule has 0 amide bonds. The van der Waals surface area contributed by atoms with Crippen LogP contribution < -0.4 is 5.32 Å². The molecule has 1 saturated carbocycles. The highest BCUT2D eigenvalue weighted by molar-refractivity contribution is 7.99. The van der Waals surface area contributed by atoms with Crippen LogP contribution in [0.1, 0.15) is 32.1 Å². The molecule has 1 aromatic carbocycles. The molecule has 1 fully saturated rings. The fourth-order valence-electron chi connectivity index (χ4n) is 2.87. The fraction of sp³-hybridized carbons (Fsp3) is 0.533. The molecule has 2 N–H and O–H groups in total. The van der Waals surface area contributed by atoms with Crippen molar-refractivity contribution in [3.63, 3.8) is 0 Å². The van der Waals surface area contributed by atoms with Crippen molar-refractivity contribution < 1.29 is 0 Å². The SMILES string of the molecule is CNC1CCCCCC1Sc1nc2ccccc2[nH]1. The molecule has 0 aliphatic heterocycles. The first kappa shape index (κ1) is 13.0. The maximum Gasteiger partial charge on any atom is 0.166 e. The largest absolute Gasteiger partial charge is 0.333 e. The van der Waals surface area contributed by atoms with Crippen LogP contribution in [0.25, 0.3) is 11.0 Å². The maximum atomic E-state index is 4.69. The zero-order valence-corrected chi connectivity index (χ0v) is 12.2. The number of hydrogen-bond donors (Lipinski definition) is 2. The van der Waals surface area contributed by atoms with Crippen molar-refractivity contribution >= 4 is 22.8 Å². The van der Waals surface area contributed by atoms with E-state index in [9.17, 15) is 0 Å². The minimum Gasteiger partial charge on any atom is -0.333 e. The summed E-state index contributed by atoms with van der Waals surface area (Å²) < 4.78 is 0. The van der Waals surface area contributed by atoms with E-state index in [4.69, 9.17) is 0 Å². The zero-order chi connectivity index (χ0) is 13.1. The molecule has 0 spiro atoms. The molecule has 2 unspecified atom stereocenters. The molecule has 2 aromatic rings. The summed E-state index contributed by atoms with van der Waals surface area (Å²) in [7, 11) is 2.09. The van der Waals surface area contributed by atoms with Gasteiger partial charge in [-0.15, -0.1) is 0 Å². The number of H-pyrrole nitrogens is 1. The van der Waals surface area contributed by atoms with Gasteiger partial charge in [0.1, 0.15) is 0 Å². The number of nitrogens with zero attached hydrogens (tertiary/aromatic N) is 1. The normalized spacial score (nSPS) is 24.5. The molecule has 3 nitrogen and oxygen atoms in total. The Morgan fingerprint density at radius 3 is 2.89 bits per heavy atom. The number of rotatable bonds is 3. The van der Waals surface area contributed by atoms with Crippen LogP contribution in [0.4, 0.5) is 0 Å². The number of benzene rings is 1. The molecule has 1 aliphatic carbocycles. The summed E-state index contributed by atoms with van der Waals surface area (Å²) >= 11 is 1.91. The molecule has 0 bridgehead atoms. The van der Waals surface area contributed by atoms with Gasteiger partial charge in [0.05, 0.1) is 11.0 Å². The average Bonchev–Trinajstić information content (AvgIpc) is 2.70. The van der Waals surface area contributed by atoms with E-state index in [1.807, 2.05) is 17.8 Å². The van der Waals surface area contributed by atoms with Crippen LogP contribution in [0.2, 0.25) is 0 Å².